The van der Waals surface area contributed by atoms with Gasteiger partial charge in [-0.15, -0.1) is 0 Å². The van der Waals surface area contributed by atoms with E-state index in [4.69, 9.17) is 24.3 Å². The molecule has 64 heavy (non-hydrogen) atoms. The monoisotopic (exact) mass is 918 g/mol. The van der Waals surface area contributed by atoms with Gasteiger partial charge in [0.1, 0.15) is 6.10 Å². The molecular weight excluding hydrogens is 818 g/mol. The second kappa shape index (κ2) is 51.9. The zero-order valence-corrected chi connectivity index (χ0v) is 42.4. The number of nitrogens with two attached hydrogens (primary N) is 1. The number of phosphoric ester groups is 1. The van der Waals surface area contributed by atoms with Gasteiger partial charge in [-0.05, 0) is 64.2 Å². The molecule has 3 N–H and O–H groups in total. The number of phosphoric acid groups is 1. The Kier molecular flexibility index (Phi) is 50.2. The molecule has 2 unspecified atom stereocenters. The van der Waals surface area contributed by atoms with Crippen molar-refractivity contribution in [1.82, 2.24) is 0 Å². The maximum Gasteiger partial charge on any atom is 0.472 e. The summed E-state index contributed by atoms with van der Waals surface area (Å²) in [7, 11) is -4.29. The molecule has 0 heterocycles. The molecule has 0 amide bonds. The molecule has 0 aromatic carbocycles. The Labute approximate surface area is 395 Å². The summed E-state index contributed by atoms with van der Waals surface area (Å²) < 4.78 is 33.6. The minimum absolute atomic E-state index is 0.0936. The Morgan fingerprint density at radius 1 is 0.484 bits per heavy atom. The van der Waals surface area contributed by atoms with Crippen LogP contribution in [0.15, 0.2) is 72.9 Å². The molecule has 0 rings (SSSR count). The number of carbonyl (C=O) groups excluding carboxylic acids is 1. The fourth-order valence-electron chi connectivity index (χ4n) is 7.30. The van der Waals surface area contributed by atoms with E-state index in [9.17, 15) is 14.3 Å². The SMILES string of the molecule is CC/C=C\C/C=C\C/C=C\C/C=C\C/C=C\C/C=C\CCCCCCC(=O)OC(COCCCCCCCCCCCCCCCCCCCCCCCC)COP(=O)(O)OCCN. The van der Waals surface area contributed by atoms with Crippen LogP contribution >= 0.6 is 7.82 Å². The van der Waals surface area contributed by atoms with Gasteiger partial charge >= 0.3 is 13.8 Å². The van der Waals surface area contributed by atoms with Crippen molar-refractivity contribution in [3.63, 3.8) is 0 Å². The Morgan fingerprint density at radius 3 is 1.31 bits per heavy atom. The van der Waals surface area contributed by atoms with Crippen LogP contribution in [0.25, 0.3) is 0 Å². The van der Waals surface area contributed by atoms with Gasteiger partial charge in [-0.25, -0.2) is 4.57 Å². The first-order valence-electron chi connectivity index (χ1n) is 26.4. The Hall–Kier alpha value is -2.06. The van der Waals surface area contributed by atoms with Crippen LogP contribution in [-0.4, -0.2) is 49.9 Å². The molecule has 0 radical (unpaired) electrons. The van der Waals surface area contributed by atoms with Crippen molar-refractivity contribution in [2.75, 3.05) is 33.0 Å². The highest BCUT2D eigenvalue weighted by molar-refractivity contribution is 7.47. The molecule has 0 aromatic heterocycles. The van der Waals surface area contributed by atoms with Crippen molar-refractivity contribution < 1.29 is 32.8 Å². The zero-order valence-electron chi connectivity index (χ0n) is 41.5. The number of esters is 1. The van der Waals surface area contributed by atoms with Gasteiger partial charge in [-0.3, -0.25) is 13.8 Å². The number of allylic oxidation sites excluding steroid dienone is 12. The highest BCUT2D eigenvalue weighted by Gasteiger charge is 2.25. The lowest BCUT2D eigenvalue weighted by atomic mass is 10.0. The number of rotatable bonds is 50. The van der Waals surface area contributed by atoms with E-state index in [-0.39, 0.29) is 38.8 Å². The average molecular weight is 918 g/mol. The largest absolute Gasteiger partial charge is 0.472 e. The summed E-state index contributed by atoms with van der Waals surface area (Å²) in [6, 6.07) is 0. The Morgan fingerprint density at radius 2 is 0.875 bits per heavy atom. The number of ether oxygens (including phenoxy) is 2. The maximum absolute atomic E-state index is 12.7. The van der Waals surface area contributed by atoms with Gasteiger partial charge in [0.2, 0.25) is 0 Å². The normalized spacial score (nSPS) is 13.9. The van der Waals surface area contributed by atoms with Gasteiger partial charge in [0.15, 0.2) is 0 Å². The summed E-state index contributed by atoms with van der Waals surface area (Å²) in [5.74, 6) is -0.353. The van der Waals surface area contributed by atoms with Crippen LogP contribution in [0.5, 0.6) is 0 Å². The molecule has 9 heteroatoms. The molecule has 0 aliphatic rings. The molecule has 0 bridgehead atoms. The maximum atomic E-state index is 12.7. The third-order valence-electron chi connectivity index (χ3n) is 11.1. The van der Waals surface area contributed by atoms with E-state index in [0.717, 1.165) is 83.5 Å². The van der Waals surface area contributed by atoms with E-state index in [2.05, 4.69) is 86.8 Å². The molecule has 2 atom stereocenters. The van der Waals surface area contributed by atoms with Crippen molar-refractivity contribution in [2.45, 2.75) is 238 Å². The molecule has 0 fully saturated rings. The molecule has 0 spiro atoms. The van der Waals surface area contributed by atoms with Gasteiger partial charge < -0.3 is 20.1 Å². The number of hydrogen-bond acceptors (Lipinski definition) is 7. The quantitative estimate of drug-likeness (QED) is 0.0268. The minimum Gasteiger partial charge on any atom is -0.457 e. The highest BCUT2D eigenvalue weighted by atomic mass is 31.2. The number of carbonyl (C=O) groups is 1. The molecular formula is C55H100NO7P. The summed E-state index contributed by atoms with van der Waals surface area (Å²) in [5.41, 5.74) is 5.39. The van der Waals surface area contributed by atoms with Crippen LogP contribution in [-0.2, 0) is 27.9 Å². The predicted molar refractivity (Wildman–Crippen MR) is 275 cm³/mol. The van der Waals surface area contributed by atoms with Crippen molar-refractivity contribution in [2.24, 2.45) is 5.73 Å². The van der Waals surface area contributed by atoms with Gasteiger partial charge in [0, 0.05) is 19.6 Å². The molecule has 372 valence electrons. The van der Waals surface area contributed by atoms with E-state index in [1.165, 1.54) is 128 Å². The molecule has 0 aliphatic carbocycles. The van der Waals surface area contributed by atoms with Crippen molar-refractivity contribution in [3.05, 3.63) is 72.9 Å². The summed E-state index contributed by atoms with van der Waals surface area (Å²) in [6.45, 7) is 4.80. The fourth-order valence-corrected chi connectivity index (χ4v) is 8.06. The summed E-state index contributed by atoms with van der Waals surface area (Å²) in [5, 5.41) is 0. The predicted octanol–water partition coefficient (Wildman–Crippen LogP) is 16.6. The van der Waals surface area contributed by atoms with E-state index in [1.807, 2.05) is 0 Å². The smallest absolute Gasteiger partial charge is 0.457 e. The Bertz CT molecular complexity index is 1210. The van der Waals surface area contributed by atoms with E-state index in [1.54, 1.807) is 0 Å². The lowest BCUT2D eigenvalue weighted by molar-refractivity contribution is -0.154. The molecule has 0 aliphatic heterocycles. The topological polar surface area (TPSA) is 117 Å². The first-order chi connectivity index (χ1) is 31.4. The molecule has 0 saturated heterocycles. The summed E-state index contributed by atoms with van der Waals surface area (Å²) in [4.78, 5) is 22.6. The van der Waals surface area contributed by atoms with Crippen molar-refractivity contribution in [3.8, 4) is 0 Å². The van der Waals surface area contributed by atoms with Crippen LogP contribution in [0.2, 0.25) is 0 Å². The van der Waals surface area contributed by atoms with Crippen LogP contribution in [0.3, 0.4) is 0 Å². The second-order valence-corrected chi connectivity index (χ2v) is 18.8. The number of unbranched alkanes of at least 4 members (excludes halogenated alkanes) is 25. The van der Waals surface area contributed by atoms with Crippen LogP contribution in [0.1, 0.15) is 232 Å². The summed E-state index contributed by atoms with van der Waals surface area (Å²) in [6.07, 6.45) is 66.6. The molecule has 8 nitrogen and oxygen atoms in total. The molecule has 0 saturated carbocycles. The van der Waals surface area contributed by atoms with Crippen molar-refractivity contribution in [1.29, 1.82) is 0 Å². The minimum atomic E-state index is -4.29. The fraction of sp³-hybridized carbons (Fsp3) is 0.764. The van der Waals surface area contributed by atoms with Gasteiger partial charge in [0.25, 0.3) is 0 Å². The second-order valence-electron chi connectivity index (χ2n) is 17.4. The zero-order chi connectivity index (χ0) is 46.5. The van der Waals surface area contributed by atoms with Gasteiger partial charge in [-0.1, -0.05) is 234 Å². The molecule has 0 aromatic rings. The summed E-state index contributed by atoms with van der Waals surface area (Å²) >= 11 is 0. The average Bonchev–Trinajstić information content (AvgIpc) is 3.29. The lowest BCUT2D eigenvalue weighted by Gasteiger charge is -2.20. The van der Waals surface area contributed by atoms with Gasteiger partial charge in [0.05, 0.1) is 19.8 Å². The van der Waals surface area contributed by atoms with E-state index in [0.29, 0.717) is 6.61 Å². The third-order valence-corrected chi connectivity index (χ3v) is 12.1. The van der Waals surface area contributed by atoms with Crippen molar-refractivity contribution >= 4 is 13.8 Å². The first kappa shape index (κ1) is 61.9. The van der Waals surface area contributed by atoms with E-state index < -0.39 is 13.9 Å². The van der Waals surface area contributed by atoms with Crippen LogP contribution in [0.4, 0.5) is 0 Å². The third kappa shape index (κ3) is 50.9. The van der Waals surface area contributed by atoms with Crippen LogP contribution < -0.4 is 5.73 Å². The van der Waals surface area contributed by atoms with Gasteiger partial charge in [-0.2, -0.15) is 0 Å². The lowest BCUT2D eigenvalue weighted by Crippen LogP contribution is -2.28. The number of hydrogen-bond donors (Lipinski definition) is 2. The Balaban J connectivity index is 3.99. The highest BCUT2D eigenvalue weighted by Crippen LogP contribution is 2.43. The first-order valence-corrected chi connectivity index (χ1v) is 27.9. The standard InChI is InChI=1S/C55H100NO7P/c1-3-5-7-9-11-13-15-17-19-21-23-25-27-28-30-32-34-36-38-40-42-44-46-48-55(57)63-54(53-62-64(58,59)61-51-49-56)52-60-50-47-45-43-41-39-37-35-33-31-29-26-24-22-20-18-16-14-12-10-8-6-4-2/h5,7,11,13,17,19,23,25,28,30,34,36,54H,3-4,6,8-10,12,14-16,18,20-22,24,26-27,29,31-33,35,37-53,56H2,1-2H3,(H,58,59)/b7-5-,13-11-,19-17-,25-23-,30-28-,36-34-. The van der Waals surface area contributed by atoms with Crippen LogP contribution in [0, 0.1) is 0 Å². The van der Waals surface area contributed by atoms with E-state index >= 15 is 0 Å².